The summed E-state index contributed by atoms with van der Waals surface area (Å²) in [6.07, 6.45) is 8.66. The van der Waals surface area contributed by atoms with Crippen LogP contribution < -0.4 is 5.32 Å². The van der Waals surface area contributed by atoms with E-state index in [4.69, 9.17) is 4.42 Å². The van der Waals surface area contributed by atoms with Gasteiger partial charge in [-0.2, -0.15) is 0 Å². The van der Waals surface area contributed by atoms with Gasteiger partial charge in [0, 0.05) is 42.2 Å². The van der Waals surface area contributed by atoms with E-state index in [0.717, 1.165) is 42.2 Å². The second-order valence-electron chi connectivity index (χ2n) is 7.54. The number of amides is 1. The van der Waals surface area contributed by atoms with E-state index >= 15 is 0 Å². The molecular weight excluding hydrogens is 378 g/mol. The van der Waals surface area contributed by atoms with Crippen molar-refractivity contribution in [2.75, 3.05) is 18.4 Å². The largest absolute Gasteiger partial charge is 0.465 e. The third-order valence-corrected chi connectivity index (χ3v) is 5.11. The maximum absolute atomic E-state index is 12.5. The molecule has 3 aromatic rings. The van der Waals surface area contributed by atoms with Crippen molar-refractivity contribution in [1.82, 2.24) is 19.9 Å². The molecule has 1 aliphatic heterocycles. The summed E-state index contributed by atoms with van der Waals surface area (Å²) in [6, 6.07) is 9.57. The normalized spacial score (nSPS) is 16.7. The lowest BCUT2D eigenvalue weighted by Crippen LogP contribution is -2.38. The first-order valence-corrected chi connectivity index (χ1v) is 10.1. The fraction of sp³-hybridized carbons (Fsp3) is 0.304. The molecule has 154 valence electrons. The molecule has 3 aromatic heterocycles. The molecule has 1 amide bonds. The van der Waals surface area contributed by atoms with Gasteiger partial charge in [-0.25, -0.2) is 9.97 Å². The molecule has 0 radical (unpaired) electrons. The molecule has 1 atom stereocenters. The highest BCUT2D eigenvalue weighted by atomic mass is 16.3. The molecule has 1 fully saturated rings. The number of furan rings is 1. The van der Waals surface area contributed by atoms with Crippen molar-refractivity contribution in [3.63, 3.8) is 0 Å². The lowest BCUT2D eigenvalue weighted by molar-refractivity contribution is -0.127. The van der Waals surface area contributed by atoms with Gasteiger partial charge in [0.05, 0.1) is 18.1 Å². The highest BCUT2D eigenvalue weighted by Crippen LogP contribution is 2.27. The molecule has 1 N–H and O–H groups in total. The number of likely N-dealkylation sites (tertiary alicyclic amines) is 1. The maximum atomic E-state index is 12.5. The lowest BCUT2D eigenvalue weighted by atomic mass is 9.94. The summed E-state index contributed by atoms with van der Waals surface area (Å²) in [7, 11) is 0. The van der Waals surface area contributed by atoms with E-state index < -0.39 is 0 Å². The van der Waals surface area contributed by atoms with Gasteiger partial charge in [-0.05, 0) is 63.1 Å². The van der Waals surface area contributed by atoms with E-state index in [0.29, 0.717) is 18.3 Å². The van der Waals surface area contributed by atoms with Crippen LogP contribution in [0, 0.1) is 13.8 Å². The van der Waals surface area contributed by atoms with Crippen molar-refractivity contribution in [3.8, 4) is 0 Å². The molecule has 4 rings (SSSR count). The van der Waals surface area contributed by atoms with Crippen LogP contribution in [-0.2, 0) is 4.79 Å². The number of carbonyl (C=O) groups is 1. The summed E-state index contributed by atoms with van der Waals surface area (Å²) in [4.78, 5) is 27.8. The Morgan fingerprint density at radius 1 is 1.23 bits per heavy atom. The Bertz CT molecular complexity index is 1010. The fourth-order valence-electron chi connectivity index (χ4n) is 3.70. The number of rotatable bonds is 5. The summed E-state index contributed by atoms with van der Waals surface area (Å²) in [5.74, 6) is 1.47. The molecule has 0 spiro atoms. The molecule has 7 heteroatoms. The van der Waals surface area contributed by atoms with Crippen LogP contribution in [0.1, 0.15) is 41.6 Å². The number of piperidine rings is 1. The number of nitrogens with one attached hydrogen (secondary N) is 1. The van der Waals surface area contributed by atoms with Crippen LogP contribution in [0.15, 0.2) is 53.3 Å². The van der Waals surface area contributed by atoms with Crippen molar-refractivity contribution >= 4 is 23.6 Å². The standard InChI is InChI=1S/C23H25N5O2/c1-16-13-17(2)26-23(25-16)27-19-7-9-21(24-14-19)18-5-3-11-28(15-18)22(29)10-8-20-6-4-12-30-20/h4,6-10,12-14,18H,3,5,11,15H2,1-2H3,(H,25,26,27)/b10-8+/t18-/m1/s1. The smallest absolute Gasteiger partial charge is 0.246 e. The molecule has 1 saturated heterocycles. The van der Waals surface area contributed by atoms with Crippen LogP contribution in [0.4, 0.5) is 11.6 Å². The van der Waals surface area contributed by atoms with E-state index in [2.05, 4.69) is 20.3 Å². The molecule has 0 saturated carbocycles. The van der Waals surface area contributed by atoms with Gasteiger partial charge in [-0.15, -0.1) is 0 Å². The molecule has 7 nitrogen and oxygen atoms in total. The summed E-state index contributed by atoms with van der Waals surface area (Å²) in [5.41, 5.74) is 3.67. The topological polar surface area (TPSA) is 84.2 Å². The van der Waals surface area contributed by atoms with Crippen LogP contribution in [0.5, 0.6) is 0 Å². The first kappa shape index (κ1) is 19.8. The van der Waals surface area contributed by atoms with Gasteiger partial charge in [-0.3, -0.25) is 9.78 Å². The van der Waals surface area contributed by atoms with E-state index in [-0.39, 0.29) is 11.8 Å². The molecule has 0 bridgehead atoms. The zero-order valence-corrected chi connectivity index (χ0v) is 17.2. The number of aromatic nitrogens is 3. The highest BCUT2D eigenvalue weighted by Gasteiger charge is 2.24. The van der Waals surface area contributed by atoms with Gasteiger partial charge in [-0.1, -0.05) is 0 Å². The molecular formula is C23H25N5O2. The number of pyridine rings is 1. The van der Waals surface area contributed by atoms with Crippen LogP contribution in [0.3, 0.4) is 0 Å². The van der Waals surface area contributed by atoms with Crippen LogP contribution >= 0.6 is 0 Å². The monoisotopic (exact) mass is 403 g/mol. The van der Waals surface area contributed by atoms with Gasteiger partial charge in [0.2, 0.25) is 11.9 Å². The molecule has 0 aliphatic carbocycles. The average Bonchev–Trinajstić information content (AvgIpc) is 3.26. The van der Waals surface area contributed by atoms with Gasteiger partial charge >= 0.3 is 0 Å². The summed E-state index contributed by atoms with van der Waals surface area (Å²) in [5, 5.41) is 3.21. The Labute approximate surface area is 175 Å². The molecule has 0 aromatic carbocycles. The quantitative estimate of drug-likeness (QED) is 0.642. The van der Waals surface area contributed by atoms with Gasteiger partial charge in [0.15, 0.2) is 0 Å². The Kier molecular flexibility index (Phi) is 5.88. The third-order valence-electron chi connectivity index (χ3n) is 5.11. The third kappa shape index (κ3) is 4.92. The minimum atomic E-state index is 0.00125. The first-order valence-electron chi connectivity index (χ1n) is 10.1. The first-order chi connectivity index (χ1) is 14.6. The summed E-state index contributed by atoms with van der Waals surface area (Å²) in [6.45, 7) is 5.32. The van der Waals surface area contributed by atoms with Crippen molar-refractivity contribution in [2.24, 2.45) is 0 Å². The second-order valence-corrected chi connectivity index (χ2v) is 7.54. The number of carbonyl (C=O) groups excluding carboxylic acids is 1. The summed E-state index contributed by atoms with van der Waals surface area (Å²) < 4.78 is 5.25. The van der Waals surface area contributed by atoms with Crippen molar-refractivity contribution in [3.05, 3.63) is 71.7 Å². The maximum Gasteiger partial charge on any atom is 0.246 e. The number of anilines is 2. The van der Waals surface area contributed by atoms with Crippen molar-refractivity contribution < 1.29 is 9.21 Å². The van der Waals surface area contributed by atoms with Crippen LogP contribution in [0.2, 0.25) is 0 Å². The Morgan fingerprint density at radius 2 is 2.07 bits per heavy atom. The van der Waals surface area contributed by atoms with E-state index in [1.54, 1.807) is 30.7 Å². The predicted molar refractivity (Wildman–Crippen MR) is 115 cm³/mol. The van der Waals surface area contributed by atoms with Gasteiger partial charge < -0.3 is 14.6 Å². The van der Waals surface area contributed by atoms with Crippen molar-refractivity contribution in [2.45, 2.75) is 32.6 Å². The van der Waals surface area contributed by atoms with E-state index in [9.17, 15) is 4.79 Å². The lowest BCUT2D eigenvalue weighted by Gasteiger charge is -2.31. The second kappa shape index (κ2) is 8.90. The Hall–Kier alpha value is -3.48. The SMILES string of the molecule is Cc1cc(C)nc(Nc2ccc([C@@H]3CCCN(C(=O)/C=C/c4ccco4)C3)nc2)n1. The number of aryl methyl sites for hydroxylation is 2. The minimum Gasteiger partial charge on any atom is -0.465 e. The highest BCUT2D eigenvalue weighted by molar-refractivity contribution is 5.91. The molecule has 1 aliphatic rings. The van der Waals surface area contributed by atoms with E-state index in [1.807, 2.05) is 43.0 Å². The zero-order chi connectivity index (χ0) is 20.9. The van der Waals surface area contributed by atoms with Crippen LogP contribution in [-0.4, -0.2) is 38.8 Å². The average molecular weight is 403 g/mol. The number of hydrogen-bond donors (Lipinski definition) is 1. The molecule has 0 unspecified atom stereocenters. The zero-order valence-electron chi connectivity index (χ0n) is 17.2. The molecule has 4 heterocycles. The predicted octanol–water partition coefficient (Wildman–Crippen LogP) is 4.24. The number of nitrogens with zero attached hydrogens (tertiary/aromatic N) is 4. The van der Waals surface area contributed by atoms with Gasteiger partial charge in [0.25, 0.3) is 0 Å². The Balaban J connectivity index is 1.39. The van der Waals surface area contributed by atoms with Crippen LogP contribution in [0.25, 0.3) is 6.08 Å². The molecule has 30 heavy (non-hydrogen) atoms. The van der Waals surface area contributed by atoms with E-state index in [1.165, 1.54) is 0 Å². The Morgan fingerprint density at radius 3 is 2.77 bits per heavy atom. The van der Waals surface area contributed by atoms with Crippen molar-refractivity contribution in [1.29, 1.82) is 0 Å². The summed E-state index contributed by atoms with van der Waals surface area (Å²) >= 11 is 0. The number of hydrogen-bond acceptors (Lipinski definition) is 6. The fourth-order valence-corrected chi connectivity index (χ4v) is 3.70. The minimum absolute atomic E-state index is 0.00125. The van der Waals surface area contributed by atoms with Gasteiger partial charge in [0.1, 0.15) is 5.76 Å².